The zero-order valence-electron chi connectivity index (χ0n) is 22.8. The first-order valence-electron chi connectivity index (χ1n) is 13.0. The fourth-order valence-corrected chi connectivity index (χ4v) is 3.59. The third kappa shape index (κ3) is 11.7. The van der Waals surface area contributed by atoms with E-state index in [1.54, 1.807) is 0 Å². The van der Waals surface area contributed by atoms with Crippen LogP contribution in [0, 0.1) is 30.1 Å². The molecule has 2 fully saturated rings. The van der Waals surface area contributed by atoms with E-state index in [0.717, 1.165) is 0 Å². The van der Waals surface area contributed by atoms with Gasteiger partial charge < -0.3 is 28.6 Å². The summed E-state index contributed by atoms with van der Waals surface area (Å²) in [6.07, 6.45) is 10.7. The van der Waals surface area contributed by atoms with Crippen molar-refractivity contribution in [2.24, 2.45) is 5.41 Å². The summed E-state index contributed by atoms with van der Waals surface area (Å²) in [5, 5.41) is 0.916. The summed E-state index contributed by atoms with van der Waals surface area (Å²) in [7, 11) is 0. The van der Waals surface area contributed by atoms with Gasteiger partial charge >= 0.3 is 11.9 Å². The lowest BCUT2D eigenvalue weighted by Gasteiger charge is -2.33. The second-order valence-electron chi connectivity index (χ2n) is 9.21. The van der Waals surface area contributed by atoms with E-state index in [1.165, 1.54) is 0 Å². The van der Waals surface area contributed by atoms with Crippen molar-refractivity contribution in [2.75, 3.05) is 52.9 Å². The molecule has 0 aromatic carbocycles. The van der Waals surface area contributed by atoms with E-state index in [2.05, 4.69) is 11.8 Å². The molecule has 14 heteroatoms. The van der Waals surface area contributed by atoms with E-state index >= 15 is 0 Å². The van der Waals surface area contributed by atoms with Crippen molar-refractivity contribution >= 4 is 35.6 Å². The zero-order valence-corrected chi connectivity index (χ0v) is 22.8. The predicted molar refractivity (Wildman–Crippen MR) is 136 cm³/mol. The molecule has 0 radical (unpaired) electrons. The molecule has 0 spiro atoms. The summed E-state index contributed by atoms with van der Waals surface area (Å²) in [5.74, 6) is 0.947. The van der Waals surface area contributed by atoms with Crippen LogP contribution in [0.5, 0.6) is 0 Å². The number of nitrogens with zero attached hydrogens (tertiary/aromatic N) is 2. The largest absolute Gasteiger partial charge is 0.380 e. The first-order chi connectivity index (χ1) is 19.7. The SMILES string of the molecule is C#CCCOCC(COCCC#C)(COCCC(=O)ON1C(=O)CCC1=O)COCCC(=O)ON1C(=O)CCC1=O. The molecule has 0 unspecified atom stereocenters. The molecule has 224 valence electrons. The van der Waals surface area contributed by atoms with E-state index < -0.39 is 41.0 Å². The lowest BCUT2D eigenvalue weighted by atomic mass is 9.92. The maximum atomic E-state index is 12.1. The monoisotopic (exact) mass is 578 g/mol. The molecular weight excluding hydrogens is 544 g/mol. The number of terminal acetylenes is 2. The van der Waals surface area contributed by atoms with Crippen LogP contribution in [0.2, 0.25) is 0 Å². The van der Waals surface area contributed by atoms with Gasteiger partial charge in [-0.2, -0.15) is 0 Å². The van der Waals surface area contributed by atoms with Crippen molar-refractivity contribution < 1.29 is 57.4 Å². The molecule has 0 bridgehead atoms. The van der Waals surface area contributed by atoms with Gasteiger partial charge in [0.1, 0.15) is 0 Å². The second kappa shape index (κ2) is 17.8. The first kappa shape index (κ1) is 33.4. The number of hydrogen-bond acceptors (Lipinski definition) is 12. The molecule has 2 aliphatic rings. The van der Waals surface area contributed by atoms with Gasteiger partial charge in [0, 0.05) is 38.5 Å². The van der Waals surface area contributed by atoms with Gasteiger partial charge in [-0.3, -0.25) is 19.2 Å². The lowest BCUT2D eigenvalue weighted by Crippen LogP contribution is -2.42. The molecule has 4 amide bonds. The van der Waals surface area contributed by atoms with Crippen molar-refractivity contribution in [1.29, 1.82) is 0 Å². The number of hydrogen-bond donors (Lipinski definition) is 0. The molecular formula is C27H34N2O12. The normalized spacial score (nSPS) is 15.3. The highest BCUT2D eigenvalue weighted by atomic mass is 16.7. The Labute approximate surface area is 237 Å². The van der Waals surface area contributed by atoms with Crippen LogP contribution in [0.25, 0.3) is 0 Å². The smallest absolute Gasteiger partial charge is 0.335 e. The van der Waals surface area contributed by atoms with Crippen LogP contribution in [0.15, 0.2) is 0 Å². The van der Waals surface area contributed by atoms with E-state index in [4.69, 9.17) is 41.5 Å². The van der Waals surface area contributed by atoms with Crippen molar-refractivity contribution in [2.45, 2.75) is 51.4 Å². The summed E-state index contributed by atoms with van der Waals surface area (Å²) < 4.78 is 22.8. The van der Waals surface area contributed by atoms with Crippen molar-refractivity contribution in [3.8, 4) is 24.7 Å². The third-order valence-electron chi connectivity index (χ3n) is 5.71. The predicted octanol–water partition coefficient (Wildman–Crippen LogP) is 0.0804. The van der Waals surface area contributed by atoms with Crippen LogP contribution in [0.3, 0.4) is 0 Å². The van der Waals surface area contributed by atoms with E-state index in [-0.39, 0.29) is 91.4 Å². The Morgan fingerprint density at radius 2 is 0.927 bits per heavy atom. The Balaban J connectivity index is 1.92. The third-order valence-corrected chi connectivity index (χ3v) is 5.71. The fraction of sp³-hybridized carbons (Fsp3) is 0.630. The Morgan fingerprint density at radius 1 is 0.610 bits per heavy atom. The van der Waals surface area contributed by atoms with Gasteiger partial charge in [-0.05, 0) is 0 Å². The number of amides is 4. The average Bonchev–Trinajstić information content (AvgIpc) is 3.44. The average molecular weight is 579 g/mol. The van der Waals surface area contributed by atoms with Crippen LogP contribution in [0.1, 0.15) is 51.4 Å². The highest BCUT2D eigenvalue weighted by Gasteiger charge is 2.35. The van der Waals surface area contributed by atoms with E-state index in [0.29, 0.717) is 23.0 Å². The molecule has 14 nitrogen and oxygen atoms in total. The summed E-state index contributed by atoms with van der Waals surface area (Å²) in [5.41, 5.74) is -0.918. The molecule has 41 heavy (non-hydrogen) atoms. The van der Waals surface area contributed by atoms with Crippen LogP contribution >= 0.6 is 0 Å². The van der Waals surface area contributed by atoms with Crippen molar-refractivity contribution in [3.63, 3.8) is 0 Å². The maximum absolute atomic E-state index is 12.1. The lowest BCUT2D eigenvalue weighted by molar-refractivity contribution is -0.198. The number of rotatable bonds is 20. The van der Waals surface area contributed by atoms with Crippen molar-refractivity contribution in [3.05, 3.63) is 0 Å². The molecule has 2 rings (SSSR count). The van der Waals surface area contributed by atoms with Crippen LogP contribution in [-0.2, 0) is 57.4 Å². The summed E-state index contributed by atoms with van der Waals surface area (Å²) in [6, 6.07) is 0. The molecule has 0 N–H and O–H groups in total. The molecule has 2 aliphatic heterocycles. The molecule has 0 aliphatic carbocycles. The van der Waals surface area contributed by atoms with Crippen LogP contribution in [-0.4, -0.2) is 98.5 Å². The van der Waals surface area contributed by atoms with Gasteiger partial charge in [0.05, 0.1) is 71.1 Å². The minimum absolute atomic E-state index is 0.0172. The van der Waals surface area contributed by atoms with Crippen molar-refractivity contribution in [1.82, 2.24) is 10.1 Å². The van der Waals surface area contributed by atoms with Gasteiger partial charge in [0.2, 0.25) is 0 Å². The Bertz CT molecular complexity index is 930. The number of carbonyl (C=O) groups excluding carboxylic acids is 6. The number of hydroxylamine groups is 4. The molecule has 2 heterocycles. The highest BCUT2D eigenvalue weighted by molar-refractivity contribution is 6.02. The summed E-state index contributed by atoms with van der Waals surface area (Å²) in [6.45, 7) is 0.379. The second-order valence-corrected chi connectivity index (χ2v) is 9.21. The number of carbonyl (C=O) groups is 6. The Hall–Kier alpha value is -3.82. The summed E-state index contributed by atoms with van der Waals surface area (Å²) in [4.78, 5) is 80.3. The number of imide groups is 2. The number of ether oxygens (including phenoxy) is 4. The first-order valence-corrected chi connectivity index (χ1v) is 13.0. The van der Waals surface area contributed by atoms with E-state index in [9.17, 15) is 28.8 Å². The van der Waals surface area contributed by atoms with Gasteiger partial charge in [0.25, 0.3) is 23.6 Å². The van der Waals surface area contributed by atoms with Gasteiger partial charge in [-0.25, -0.2) is 9.59 Å². The molecule has 2 saturated heterocycles. The topological polar surface area (TPSA) is 164 Å². The van der Waals surface area contributed by atoms with Gasteiger partial charge in [0.15, 0.2) is 0 Å². The minimum Gasteiger partial charge on any atom is -0.380 e. The highest BCUT2D eigenvalue weighted by Crippen LogP contribution is 2.22. The minimum atomic E-state index is -0.918. The molecule has 0 saturated carbocycles. The zero-order chi connectivity index (χ0) is 30.1. The fourth-order valence-electron chi connectivity index (χ4n) is 3.59. The maximum Gasteiger partial charge on any atom is 0.335 e. The standard InChI is InChI=1S/C27H34N2O12/c1-3-5-13-36-17-27(18-37-14-6-4-2,19-38-15-11-25(34)40-28-21(30)7-8-22(28)31)20-39-16-12-26(35)41-29-23(32)9-10-24(29)33/h1-2H,5-20H2. The van der Waals surface area contributed by atoms with Crippen LogP contribution < -0.4 is 0 Å². The Morgan fingerprint density at radius 3 is 1.24 bits per heavy atom. The van der Waals surface area contributed by atoms with Gasteiger partial charge in [-0.1, -0.05) is 0 Å². The Kier molecular flexibility index (Phi) is 14.5. The molecule has 0 atom stereocenters. The molecule has 0 aromatic rings. The van der Waals surface area contributed by atoms with Gasteiger partial charge in [-0.15, -0.1) is 34.8 Å². The molecule has 0 aromatic heterocycles. The quantitative estimate of drug-likeness (QED) is 0.109. The van der Waals surface area contributed by atoms with E-state index in [1.807, 2.05) is 0 Å². The van der Waals surface area contributed by atoms with Crippen LogP contribution in [0.4, 0.5) is 0 Å². The summed E-state index contributed by atoms with van der Waals surface area (Å²) >= 11 is 0.